The van der Waals surface area contributed by atoms with Gasteiger partial charge in [0, 0.05) is 17.8 Å². The highest BCUT2D eigenvalue weighted by atomic mass is 32.2. The summed E-state index contributed by atoms with van der Waals surface area (Å²) in [7, 11) is 0. The summed E-state index contributed by atoms with van der Waals surface area (Å²) in [4.78, 5) is 28.1. The van der Waals surface area contributed by atoms with Gasteiger partial charge in [0.05, 0.1) is 5.75 Å². The molecule has 0 aliphatic heterocycles. The number of thioether (sulfide) groups is 1. The Bertz CT molecular complexity index is 889. The fourth-order valence-electron chi connectivity index (χ4n) is 3.48. The number of nitrogens with zero attached hydrogens (tertiary/aromatic N) is 1. The Kier molecular flexibility index (Phi) is 9.17. The second-order valence-corrected chi connectivity index (χ2v) is 10.1. The smallest absolute Gasteiger partial charge is 0.243 e. The van der Waals surface area contributed by atoms with Gasteiger partial charge < -0.3 is 10.2 Å². The monoisotopic (exact) mass is 440 g/mol. The van der Waals surface area contributed by atoms with Gasteiger partial charge in [-0.25, -0.2) is 0 Å². The zero-order chi connectivity index (χ0) is 23.0. The van der Waals surface area contributed by atoms with Gasteiger partial charge >= 0.3 is 0 Å². The fourth-order valence-corrected chi connectivity index (χ4v) is 4.34. The van der Waals surface area contributed by atoms with E-state index in [4.69, 9.17) is 0 Å². The van der Waals surface area contributed by atoms with Crippen LogP contribution in [0.25, 0.3) is 0 Å². The zero-order valence-electron chi connectivity index (χ0n) is 19.7. The second kappa shape index (κ2) is 11.4. The first-order chi connectivity index (χ1) is 14.6. The molecule has 0 heterocycles. The minimum Gasteiger partial charge on any atom is -0.350 e. The van der Waals surface area contributed by atoms with Crippen molar-refractivity contribution in [2.24, 2.45) is 0 Å². The van der Waals surface area contributed by atoms with Gasteiger partial charge in [0.2, 0.25) is 11.8 Å². The largest absolute Gasteiger partial charge is 0.350 e. The molecule has 1 atom stereocenters. The number of carbonyl (C=O) groups is 2. The van der Waals surface area contributed by atoms with E-state index in [2.05, 4.69) is 30.4 Å². The summed E-state index contributed by atoms with van der Waals surface area (Å²) >= 11 is 1.60. The molecule has 1 N–H and O–H groups in total. The molecular weight excluding hydrogens is 404 g/mol. The molecule has 0 aliphatic carbocycles. The van der Waals surface area contributed by atoms with E-state index in [1.54, 1.807) is 16.7 Å². The third-order valence-corrected chi connectivity index (χ3v) is 6.05. The van der Waals surface area contributed by atoms with Crippen LogP contribution in [0.4, 0.5) is 0 Å². The van der Waals surface area contributed by atoms with Crippen molar-refractivity contribution in [3.05, 3.63) is 70.8 Å². The summed E-state index contributed by atoms with van der Waals surface area (Å²) in [5.74, 6) is 1.02. The van der Waals surface area contributed by atoms with Crippen molar-refractivity contribution in [1.29, 1.82) is 0 Å². The van der Waals surface area contributed by atoms with Crippen LogP contribution < -0.4 is 5.32 Å². The van der Waals surface area contributed by atoms with Gasteiger partial charge in [-0.2, -0.15) is 0 Å². The first kappa shape index (κ1) is 25.0. The number of rotatable bonds is 9. The average molecular weight is 441 g/mol. The van der Waals surface area contributed by atoms with Crippen molar-refractivity contribution in [1.82, 2.24) is 10.2 Å². The molecule has 0 fully saturated rings. The van der Waals surface area contributed by atoms with Crippen LogP contribution in [0, 0.1) is 13.8 Å². The van der Waals surface area contributed by atoms with Gasteiger partial charge in [-0.1, -0.05) is 61.0 Å². The third kappa shape index (κ3) is 8.06. The minimum atomic E-state index is -0.495. The predicted octanol–water partition coefficient (Wildman–Crippen LogP) is 5.26. The van der Waals surface area contributed by atoms with E-state index in [-0.39, 0.29) is 17.4 Å². The predicted molar refractivity (Wildman–Crippen MR) is 131 cm³/mol. The minimum absolute atomic E-state index is 0.00295. The molecule has 0 spiro atoms. The van der Waals surface area contributed by atoms with E-state index >= 15 is 0 Å². The van der Waals surface area contributed by atoms with Crippen LogP contribution in [-0.2, 0) is 21.9 Å². The van der Waals surface area contributed by atoms with Crippen LogP contribution in [0.15, 0.2) is 48.5 Å². The van der Waals surface area contributed by atoms with E-state index in [0.717, 1.165) is 16.9 Å². The number of hydrogen-bond acceptors (Lipinski definition) is 3. The summed E-state index contributed by atoms with van der Waals surface area (Å²) in [5, 5.41) is 3.05. The Hall–Kier alpha value is -2.27. The maximum Gasteiger partial charge on any atom is 0.243 e. The van der Waals surface area contributed by atoms with Crippen molar-refractivity contribution >= 4 is 23.6 Å². The van der Waals surface area contributed by atoms with E-state index in [9.17, 15) is 9.59 Å². The standard InChI is InChI=1S/C26H36N2O2S/c1-7-23(25(30)27-26(4,5)6)28(16-22-14-9-8-12-20(22)3)24(29)18-31-17-21-13-10-11-19(2)15-21/h8-15,23H,7,16-18H2,1-6H3,(H,27,30). The lowest BCUT2D eigenvalue weighted by Gasteiger charge is -2.33. The number of hydrogen-bond donors (Lipinski definition) is 1. The summed E-state index contributed by atoms with van der Waals surface area (Å²) in [6.45, 7) is 12.4. The molecule has 0 aliphatic rings. The Morgan fingerprint density at radius 2 is 1.77 bits per heavy atom. The molecule has 2 aromatic rings. The van der Waals surface area contributed by atoms with Crippen LogP contribution in [0.5, 0.6) is 0 Å². The maximum absolute atomic E-state index is 13.3. The Morgan fingerprint density at radius 1 is 1.06 bits per heavy atom. The Labute approximate surface area is 191 Å². The van der Waals surface area contributed by atoms with Gasteiger partial charge in [0.25, 0.3) is 0 Å². The van der Waals surface area contributed by atoms with Crippen LogP contribution in [0.1, 0.15) is 56.4 Å². The molecule has 31 heavy (non-hydrogen) atoms. The second-order valence-electron chi connectivity index (χ2n) is 9.09. The number of carbonyl (C=O) groups excluding carboxylic acids is 2. The Balaban J connectivity index is 2.17. The van der Waals surface area contributed by atoms with Crippen molar-refractivity contribution < 1.29 is 9.59 Å². The molecule has 4 nitrogen and oxygen atoms in total. The molecule has 2 amide bonds. The third-order valence-electron chi connectivity index (χ3n) is 5.06. The first-order valence-corrected chi connectivity index (χ1v) is 12.1. The molecule has 0 radical (unpaired) electrons. The number of nitrogens with one attached hydrogen (secondary N) is 1. The van der Waals surface area contributed by atoms with Crippen LogP contribution >= 0.6 is 11.8 Å². The highest BCUT2D eigenvalue weighted by molar-refractivity contribution is 7.99. The molecule has 2 rings (SSSR count). The van der Waals surface area contributed by atoms with Gasteiger partial charge in [0.15, 0.2) is 0 Å². The van der Waals surface area contributed by atoms with Crippen molar-refractivity contribution in [3.63, 3.8) is 0 Å². The molecule has 0 bridgehead atoms. The highest BCUT2D eigenvalue weighted by Crippen LogP contribution is 2.19. The number of benzene rings is 2. The lowest BCUT2D eigenvalue weighted by molar-refractivity contribution is -0.140. The molecule has 0 saturated carbocycles. The van der Waals surface area contributed by atoms with Crippen LogP contribution in [0.2, 0.25) is 0 Å². The maximum atomic E-state index is 13.3. The highest BCUT2D eigenvalue weighted by Gasteiger charge is 2.30. The van der Waals surface area contributed by atoms with Crippen molar-refractivity contribution in [3.8, 4) is 0 Å². The van der Waals surface area contributed by atoms with Gasteiger partial charge in [-0.3, -0.25) is 9.59 Å². The molecule has 2 aromatic carbocycles. The topological polar surface area (TPSA) is 49.4 Å². The zero-order valence-corrected chi connectivity index (χ0v) is 20.5. The number of aryl methyl sites for hydroxylation is 2. The molecule has 5 heteroatoms. The summed E-state index contributed by atoms with van der Waals surface area (Å²) < 4.78 is 0. The molecular formula is C26H36N2O2S. The van der Waals surface area contributed by atoms with Gasteiger partial charge in [-0.05, 0) is 57.7 Å². The van der Waals surface area contributed by atoms with E-state index in [1.165, 1.54) is 11.1 Å². The first-order valence-electron chi connectivity index (χ1n) is 10.9. The summed E-state index contributed by atoms with van der Waals surface area (Å²) in [6, 6.07) is 15.9. The fraction of sp³-hybridized carbons (Fsp3) is 0.462. The van der Waals surface area contributed by atoms with Crippen molar-refractivity contribution in [2.45, 2.75) is 71.8 Å². The molecule has 1 unspecified atom stereocenters. The average Bonchev–Trinajstić information content (AvgIpc) is 2.68. The van der Waals surface area contributed by atoms with E-state index in [1.807, 2.05) is 65.0 Å². The SMILES string of the molecule is CCC(C(=O)NC(C)(C)C)N(Cc1ccccc1C)C(=O)CSCc1cccc(C)c1. The molecule has 0 saturated heterocycles. The Morgan fingerprint density at radius 3 is 2.39 bits per heavy atom. The van der Waals surface area contributed by atoms with E-state index in [0.29, 0.717) is 18.7 Å². The lowest BCUT2D eigenvalue weighted by Crippen LogP contribution is -2.53. The normalized spacial score (nSPS) is 12.3. The van der Waals surface area contributed by atoms with Crippen LogP contribution in [0.3, 0.4) is 0 Å². The van der Waals surface area contributed by atoms with Gasteiger partial charge in [0.1, 0.15) is 6.04 Å². The van der Waals surface area contributed by atoms with Gasteiger partial charge in [-0.15, -0.1) is 11.8 Å². The quantitative estimate of drug-likeness (QED) is 0.579. The summed E-state index contributed by atoms with van der Waals surface area (Å²) in [5.41, 5.74) is 4.28. The lowest BCUT2D eigenvalue weighted by atomic mass is 10.0. The molecule has 0 aromatic heterocycles. The summed E-state index contributed by atoms with van der Waals surface area (Å²) in [6.07, 6.45) is 0.572. The van der Waals surface area contributed by atoms with Crippen molar-refractivity contribution in [2.75, 3.05) is 5.75 Å². The van der Waals surface area contributed by atoms with E-state index < -0.39 is 6.04 Å². The molecule has 168 valence electrons. The number of amides is 2. The van der Waals surface area contributed by atoms with Crippen LogP contribution in [-0.4, -0.2) is 34.0 Å².